The monoisotopic (exact) mass is 318 g/mol. The van der Waals surface area contributed by atoms with Crippen molar-refractivity contribution in [3.8, 4) is 0 Å². The minimum Gasteiger partial charge on any atom is -0.462 e. The third-order valence-corrected chi connectivity index (χ3v) is 4.48. The van der Waals surface area contributed by atoms with Crippen molar-refractivity contribution in [2.24, 2.45) is 12.0 Å². The fraction of sp³-hybridized carbons (Fsp3) is 0.312. The van der Waals surface area contributed by atoms with Gasteiger partial charge in [-0.25, -0.2) is 4.79 Å². The minimum atomic E-state index is -0.384. The Bertz CT molecular complexity index is 770. The summed E-state index contributed by atoms with van der Waals surface area (Å²) in [6, 6.07) is 7.22. The second-order valence-corrected chi connectivity index (χ2v) is 5.84. The summed E-state index contributed by atoms with van der Waals surface area (Å²) in [5.41, 5.74) is 2.34. The zero-order chi connectivity index (χ0) is 16.3. The molecule has 0 radical (unpaired) electrons. The Morgan fingerprint density at radius 3 is 2.45 bits per heavy atom. The lowest BCUT2D eigenvalue weighted by Gasteiger charge is -2.00. The molecule has 22 heavy (non-hydrogen) atoms. The van der Waals surface area contributed by atoms with E-state index in [1.807, 2.05) is 19.1 Å². The molecule has 0 saturated heterocycles. The number of thiazole rings is 1. The average molecular weight is 318 g/mol. The maximum Gasteiger partial charge on any atom is 0.350 e. The second kappa shape index (κ2) is 6.70. The highest BCUT2D eigenvalue weighted by Crippen LogP contribution is 2.13. The summed E-state index contributed by atoms with van der Waals surface area (Å²) in [6.07, 6.45) is 0. The van der Waals surface area contributed by atoms with Crippen molar-refractivity contribution in [1.29, 1.82) is 0 Å². The number of esters is 1. The fourth-order valence-corrected chi connectivity index (χ4v) is 2.87. The number of hydrogen-bond acceptors (Lipinski definition) is 4. The van der Waals surface area contributed by atoms with Crippen LogP contribution in [0, 0.1) is 13.8 Å². The van der Waals surface area contributed by atoms with Gasteiger partial charge in [-0.3, -0.25) is 4.79 Å². The standard InChI is InChI=1S/C16H18N2O3S/c1-5-21-15(20)13-11(3)18(4)16(22-13)17-14(19)12-8-6-10(2)7-9-12/h6-9H,5H2,1-4H3. The predicted molar refractivity (Wildman–Crippen MR) is 85.1 cm³/mol. The lowest BCUT2D eigenvalue weighted by Crippen LogP contribution is -2.14. The number of benzene rings is 1. The normalized spacial score (nSPS) is 11.5. The van der Waals surface area contributed by atoms with E-state index in [0.717, 1.165) is 22.6 Å². The molecule has 1 heterocycles. The first kappa shape index (κ1) is 16.2. The van der Waals surface area contributed by atoms with E-state index in [9.17, 15) is 9.59 Å². The molecule has 0 aliphatic rings. The number of nitrogens with zero attached hydrogens (tertiary/aromatic N) is 2. The van der Waals surface area contributed by atoms with Crippen LogP contribution in [0.2, 0.25) is 0 Å². The summed E-state index contributed by atoms with van der Waals surface area (Å²) < 4.78 is 6.74. The topological polar surface area (TPSA) is 60.7 Å². The predicted octanol–water partition coefficient (Wildman–Crippen LogP) is 2.62. The van der Waals surface area contributed by atoms with Crippen LogP contribution in [0.4, 0.5) is 0 Å². The zero-order valence-electron chi connectivity index (χ0n) is 13.0. The van der Waals surface area contributed by atoms with E-state index in [1.165, 1.54) is 0 Å². The van der Waals surface area contributed by atoms with Gasteiger partial charge in [0.25, 0.3) is 5.91 Å². The summed E-state index contributed by atoms with van der Waals surface area (Å²) in [6.45, 7) is 5.83. The molecular formula is C16H18N2O3S. The fourth-order valence-electron chi connectivity index (χ4n) is 1.86. The highest BCUT2D eigenvalue weighted by Gasteiger charge is 2.16. The first-order valence-corrected chi connectivity index (χ1v) is 7.75. The van der Waals surface area contributed by atoms with Gasteiger partial charge < -0.3 is 9.30 Å². The van der Waals surface area contributed by atoms with Gasteiger partial charge in [0, 0.05) is 18.3 Å². The zero-order valence-corrected chi connectivity index (χ0v) is 13.9. The van der Waals surface area contributed by atoms with Crippen molar-refractivity contribution in [1.82, 2.24) is 4.57 Å². The Labute approximate surface area is 132 Å². The van der Waals surface area contributed by atoms with Crippen LogP contribution in [0.3, 0.4) is 0 Å². The van der Waals surface area contributed by atoms with Gasteiger partial charge >= 0.3 is 5.97 Å². The van der Waals surface area contributed by atoms with E-state index in [2.05, 4.69) is 4.99 Å². The van der Waals surface area contributed by atoms with E-state index in [1.54, 1.807) is 37.6 Å². The molecule has 2 aromatic rings. The molecule has 1 aromatic heterocycles. The number of ether oxygens (including phenoxy) is 1. The molecule has 0 fully saturated rings. The molecule has 2 rings (SSSR count). The van der Waals surface area contributed by atoms with Crippen LogP contribution in [0.15, 0.2) is 29.3 Å². The molecule has 0 spiro atoms. The molecule has 1 amide bonds. The minimum absolute atomic E-state index is 0.314. The first-order valence-electron chi connectivity index (χ1n) is 6.93. The lowest BCUT2D eigenvalue weighted by atomic mass is 10.1. The van der Waals surface area contributed by atoms with Gasteiger partial charge in [0.2, 0.25) is 0 Å². The molecule has 0 aliphatic carbocycles. The summed E-state index contributed by atoms with van der Waals surface area (Å²) >= 11 is 1.16. The summed E-state index contributed by atoms with van der Waals surface area (Å²) in [7, 11) is 1.77. The number of aryl methyl sites for hydroxylation is 1. The van der Waals surface area contributed by atoms with Gasteiger partial charge in [0.1, 0.15) is 4.88 Å². The highest BCUT2D eigenvalue weighted by atomic mass is 32.1. The molecular weight excluding hydrogens is 300 g/mol. The third-order valence-electron chi connectivity index (χ3n) is 3.27. The third kappa shape index (κ3) is 3.33. The number of carbonyl (C=O) groups is 2. The van der Waals surface area contributed by atoms with Crippen molar-refractivity contribution < 1.29 is 14.3 Å². The summed E-state index contributed by atoms with van der Waals surface area (Å²) in [5.74, 6) is -0.711. The molecule has 0 saturated carbocycles. The van der Waals surface area contributed by atoms with Crippen molar-refractivity contribution in [3.63, 3.8) is 0 Å². The van der Waals surface area contributed by atoms with E-state index in [4.69, 9.17) is 4.74 Å². The average Bonchev–Trinajstić information content (AvgIpc) is 2.76. The van der Waals surface area contributed by atoms with Gasteiger partial charge in [-0.1, -0.05) is 29.0 Å². The van der Waals surface area contributed by atoms with Crippen molar-refractivity contribution >= 4 is 23.2 Å². The Morgan fingerprint density at radius 1 is 1.23 bits per heavy atom. The highest BCUT2D eigenvalue weighted by molar-refractivity contribution is 7.11. The second-order valence-electron chi connectivity index (χ2n) is 4.86. The van der Waals surface area contributed by atoms with Gasteiger partial charge in [0.15, 0.2) is 4.80 Å². The molecule has 6 heteroatoms. The molecule has 1 aromatic carbocycles. The molecule has 0 unspecified atom stereocenters. The van der Waals surface area contributed by atoms with Gasteiger partial charge in [-0.15, -0.1) is 0 Å². The Kier molecular flexibility index (Phi) is 4.92. The van der Waals surface area contributed by atoms with Crippen LogP contribution < -0.4 is 4.80 Å². The Hall–Kier alpha value is -2.21. The van der Waals surface area contributed by atoms with Crippen LogP contribution >= 0.6 is 11.3 Å². The molecule has 0 bridgehead atoms. The molecule has 0 atom stereocenters. The van der Waals surface area contributed by atoms with Gasteiger partial charge in [-0.2, -0.15) is 4.99 Å². The molecule has 116 valence electrons. The maximum atomic E-state index is 12.2. The lowest BCUT2D eigenvalue weighted by molar-refractivity contribution is 0.0530. The van der Waals surface area contributed by atoms with E-state index in [0.29, 0.717) is 21.8 Å². The van der Waals surface area contributed by atoms with Crippen LogP contribution in [0.5, 0.6) is 0 Å². The van der Waals surface area contributed by atoms with Gasteiger partial charge in [0.05, 0.1) is 6.61 Å². The van der Waals surface area contributed by atoms with Crippen LogP contribution in [0.25, 0.3) is 0 Å². The number of hydrogen-bond donors (Lipinski definition) is 0. The van der Waals surface area contributed by atoms with Crippen LogP contribution in [-0.4, -0.2) is 23.1 Å². The Balaban J connectivity index is 2.40. The number of carbonyl (C=O) groups excluding carboxylic acids is 2. The smallest absolute Gasteiger partial charge is 0.350 e. The van der Waals surface area contributed by atoms with Crippen molar-refractivity contribution in [2.45, 2.75) is 20.8 Å². The first-order chi connectivity index (χ1) is 10.4. The number of aromatic nitrogens is 1. The Morgan fingerprint density at radius 2 is 1.86 bits per heavy atom. The summed E-state index contributed by atoms with van der Waals surface area (Å²) in [5, 5.41) is 0. The quantitative estimate of drug-likeness (QED) is 0.817. The van der Waals surface area contributed by atoms with E-state index < -0.39 is 0 Å². The molecule has 0 N–H and O–H groups in total. The van der Waals surface area contributed by atoms with Gasteiger partial charge in [-0.05, 0) is 32.9 Å². The van der Waals surface area contributed by atoms with Crippen molar-refractivity contribution in [2.75, 3.05) is 6.61 Å². The van der Waals surface area contributed by atoms with Crippen molar-refractivity contribution in [3.05, 3.63) is 50.8 Å². The van der Waals surface area contributed by atoms with E-state index >= 15 is 0 Å². The molecule has 0 aliphatic heterocycles. The van der Waals surface area contributed by atoms with Crippen LogP contribution in [0.1, 0.15) is 38.2 Å². The van der Waals surface area contributed by atoms with E-state index in [-0.39, 0.29) is 11.9 Å². The van der Waals surface area contributed by atoms with Crippen LogP contribution in [-0.2, 0) is 11.8 Å². The number of rotatable bonds is 3. The largest absolute Gasteiger partial charge is 0.462 e. The maximum absolute atomic E-state index is 12.2. The number of amides is 1. The molecule has 5 nitrogen and oxygen atoms in total. The SMILES string of the molecule is CCOC(=O)c1sc(=NC(=O)c2ccc(C)cc2)n(C)c1C. The summed E-state index contributed by atoms with van der Waals surface area (Å²) in [4.78, 5) is 29.1.